The third-order valence-electron chi connectivity index (χ3n) is 4.58. The minimum atomic E-state index is -0.305. The molecule has 3 aromatic rings. The number of aromatic hydroxyl groups is 2. The van der Waals surface area contributed by atoms with Crippen LogP contribution in [-0.4, -0.2) is 29.1 Å². The molecule has 31 heavy (non-hydrogen) atoms. The Kier molecular flexibility index (Phi) is 6.95. The minimum absolute atomic E-state index is 0.216. The quantitative estimate of drug-likeness (QED) is 0.395. The second-order valence-electron chi connectivity index (χ2n) is 6.76. The molecule has 0 bridgehead atoms. The van der Waals surface area contributed by atoms with Gasteiger partial charge in [-0.1, -0.05) is 29.8 Å². The molecule has 0 saturated heterocycles. The van der Waals surface area contributed by atoms with Crippen molar-refractivity contribution >= 4 is 35.2 Å². The van der Waals surface area contributed by atoms with E-state index in [0.29, 0.717) is 21.8 Å². The molecule has 158 valence electrons. The Balaban J connectivity index is 1.90. The van der Waals surface area contributed by atoms with Gasteiger partial charge in [-0.3, -0.25) is 9.59 Å². The molecule has 0 aliphatic heterocycles. The zero-order valence-corrected chi connectivity index (χ0v) is 17.5. The number of anilines is 1. The molecule has 3 N–H and O–H groups in total. The first-order chi connectivity index (χ1) is 14.9. The largest absolute Gasteiger partial charge is 0.504 e. The van der Waals surface area contributed by atoms with Gasteiger partial charge in [-0.05, 0) is 65.7 Å². The highest BCUT2D eigenvalue weighted by Crippen LogP contribution is 2.26. The first-order valence-corrected chi connectivity index (χ1v) is 9.83. The number of benzene rings is 3. The number of amides is 2. The summed E-state index contributed by atoms with van der Waals surface area (Å²) in [6, 6.07) is 18.2. The summed E-state index contributed by atoms with van der Waals surface area (Å²) in [6.45, 7) is 0.268. The maximum absolute atomic E-state index is 13.0. The zero-order chi connectivity index (χ0) is 22.4. The first-order valence-electron chi connectivity index (χ1n) is 9.45. The van der Waals surface area contributed by atoms with E-state index in [9.17, 15) is 19.8 Å². The summed E-state index contributed by atoms with van der Waals surface area (Å²) in [6.07, 6.45) is 2.92. The smallest absolute Gasteiger partial charge is 0.251 e. The number of halogens is 1. The van der Waals surface area contributed by atoms with Crippen LogP contribution in [0.5, 0.6) is 11.5 Å². The number of hydrogen-bond acceptors (Lipinski definition) is 4. The van der Waals surface area contributed by atoms with Crippen LogP contribution in [0.1, 0.15) is 21.5 Å². The Morgan fingerprint density at radius 3 is 2.39 bits per heavy atom. The summed E-state index contributed by atoms with van der Waals surface area (Å²) in [4.78, 5) is 26.4. The highest BCUT2D eigenvalue weighted by atomic mass is 35.5. The Labute approximate surface area is 185 Å². The van der Waals surface area contributed by atoms with Crippen LogP contribution in [0, 0.1) is 0 Å². The number of hydrogen-bond donors (Lipinski definition) is 3. The molecule has 0 spiro atoms. The van der Waals surface area contributed by atoms with E-state index in [-0.39, 0.29) is 29.9 Å². The Morgan fingerprint density at radius 1 is 1.00 bits per heavy atom. The van der Waals surface area contributed by atoms with Gasteiger partial charge in [-0.15, -0.1) is 0 Å². The summed E-state index contributed by atoms with van der Waals surface area (Å²) in [5.41, 5.74) is 2.49. The van der Waals surface area contributed by atoms with E-state index in [2.05, 4.69) is 5.32 Å². The molecule has 3 rings (SSSR count). The van der Waals surface area contributed by atoms with Gasteiger partial charge in [0.2, 0.25) is 0 Å². The van der Waals surface area contributed by atoms with Gasteiger partial charge >= 0.3 is 0 Å². The van der Waals surface area contributed by atoms with Crippen molar-refractivity contribution in [2.75, 3.05) is 11.9 Å². The van der Waals surface area contributed by atoms with Crippen molar-refractivity contribution in [3.63, 3.8) is 0 Å². The Hall–Kier alpha value is -3.77. The monoisotopic (exact) mass is 436 g/mol. The predicted octanol–water partition coefficient (Wildman–Crippen LogP) is 4.36. The topological polar surface area (TPSA) is 89.9 Å². The number of rotatable bonds is 6. The number of nitrogens with zero attached hydrogens (tertiary/aromatic N) is 1. The Bertz CT molecular complexity index is 1130. The summed E-state index contributed by atoms with van der Waals surface area (Å²) in [5, 5.41) is 22.2. The van der Waals surface area contributed by atoms with Crippen LogP contribution in [0.15, 0.2) is 72.8 Å². The second kappa shape index (κ2) is 9.82. The van der Waals surface area contributed by atoms with Crippen molar-refractivity contribution in [3.05, 3.63) is 94.5 Å². The van der Waals surface area contributed by atoms with Crippen molar-refractivity contribution in [1.29, 1.82) is 0 Å². The molecule has 0 radical (unpaired) electrons. The van der Waals surface area contributed by atoms with Crippen molar-refractivity contribution < 1.29 is 19.8 Å². The third-order valence-corrected chi connectivity index (χ3v) is 4.82. The van der Waals surface area contributed by atoms with Gasteiger partial charge < -0.3 is 20.4 Å². The molecule has 0 aliphatic rings. The number of phenolic OH excluding ortho intramolecular Hbond substituents is 2. The lowest BCUT2D eigenvalue weighted by atomic mass is 10.1. The average molecular weight is 437 g/mol. The summed E-state index contributed by atoms with van der Waals surface area (Å²) in [5.74, 6) is -1.02. The first kappa shape index (κ1) is 21.9. The second-order valence-corrected chi connectivity index (χ2v) is 7.20. The van der Waals surface area contributed by atoms with Crippen molar-refractivity contribution in [2.45, 2.75) is 6.54 Å². The van der Waals surface area contributed by atoms with Crippen molar-refractivity contribution in [2.24, 2.45) is 0 Å². The van der Waals surface area contributed by atoms with Crippen LogP contribution in [0.3, 0.4) is 0 Å². The van der Waals surface area contributed by atoms with Crippen LogP contribution in [0.4, 0.5) is 5.69 Å². The predicted molar refractivity (Wildman–Crippen MR) is 121 cm³/mol. The van der Waals surface area contributed by atoms with Gasteiger partial charge in [0.1, 0.15) is 0 Å². The van der Waals surface area contributed by atoms with E-state index in [4.69, 9.17) is 11.6 Å². The fourth-order valence-corrected chi connectivity index (χ4v) is 3.17. The van der Waals surface area contributed by atoms with Crippen molar-refractivity contribution in [1.82, 2.24) is 5.32 Å². The number of carbonyl (C=O) groups is 2. The molecule has 6 nitrogen and oxygen atoms in total. The van der Waals surface area contributed by atoms with Gasteiger partial charge in [0.05, 0.1) is 6.54 Å². The van der Waals surface area contributed by atoms with E-state index in [1.165, 1.54) is 18.2 Å². The Morgan fingerprint density at radius 2 is 1.74 bits per heavy atom. The summed E-state index contributed by atoms with van der Waals surface area (Å²) < 4.78 is 0. The van der Waals surface area contributed by atoms with E-state index >= 15 is 0 Å². The lowest BCUT2D eigenvalue weighted by Crippen LogP contribution is -2.28. The molecule has 7 heteroatoms. The number of carbonyl (C=O) groups excluding carboxylic acids is 2. The van der Waals surface area contributed by atoms with Crippen LogP contribution >= 0.6 is 11.6 Å². The van der Waals surface area contributed by atoms with Gasteiger partial charge in [0.25, 0.3) is 11.8 Å². The molecule has 2 amide bonds. The molecule has 0 aromatic heterocycles. The molecular formula is C24H21ClN2O4. The van der Waals surface area contributed by atoms with Crippen molar-refractivity contribution in [3.8, 4) is 11.5 Å². The molecule has 0 atom stereocenters. The van der Waals surface area contributed by atoms with Crippen LogP contribution < -0.4 is 10.2 Å². The van der Waals surface area contributed by atoms with E-state index in [1.54, 1.807) is 60.5 Å². The number of phenols is 2. The summed E-state index contributed by atoms with van der Waals surface area (Å²) in [7, 11) is 1.55. The molecule has 3 aromatic carbocycles. The van der Waals surface area contributed by atoms with Gasteiger partial charge in [-0.2, -0.15) is 0 Å². The molecule has 0 unspecified atom stereocenters. The van der Waals surface area contributed by atoms with Crippen LogP contribution in [0.2, 0.25) is 5.02 Å². The zero-order valence-electron chi connectivity index (χ0n) is 16.7. The summed E-state index contributed by atoms with van der Waals surface area (Å²) >= 11 is 6.09. The van der Waals surface area contributed by atoms with E-state index < -0.39 is 0 Å². The minimum Gasteiger partial charge on any atom is -0.504 e. The number of nitrogens with one attached hydrogen (secondary N) is 1. The third kappa shape index (κ3) is 5.65. The molecule has 0 fully saturated rings. The van der Waals surface area contributed by atoms with Gasteiger partial charge in [0.15, 0.2) is 11.5 Å². The van der Waals surface area contributed by atoms with E-state index in [0.717, 1.165) is 5.56 Å². The van der Waals surface area contributed by atoms with Crippen LogP contribution in [0.25, 0.3) is 6.08 Å². The van der Waals surface area contributed by atoms with Gasteiger partial charge in [-0.25, -0.2) is 0 Å². The lowest BCUT2D eigenvalue weighted by molar-refractivity contribution is -0.114. The van der Waals surface area contributed by atoms with Crippen LogP contribution in [-0.2, 0) is 11.3 Å². The highest BCUT2D eigenvalue weighted by Gasteiger charge is 2.15. The molecular weight excluding hydrogens is 416 g/mol. The van der Waals surface area contributed by atoms with E-state index in [1.807, 2.05) is 12.1 Å². The fraction of sp³-hybridized carbons (Fsp3) is 0.0833. The molecule has 0 heterocycles. The highest BCUT2D eigenvalue weighted by molar-refractivity contribution is 6.30. The maximum atomic E-state index is 13.0. The average Bonchev–Trinajstić information content (AvgIpc) is 2.77. The lowest BCUT2D eigenvalue weighted by Gasteiger charge is -2.22. The standard InChI is InChI=1S/C24H21ClN2O4/c1-26-24(31)18-7-9-20(10-8-18)27(15-17-3-2-4-19(25)13-17)23(30)12-6-16-5-11-21(28)22(29)14-16/h2-14,28-29H,15H2,1H3,(H,26,31). The van der Waals surface area contributed by atoms with Gasteiger partial charge in [0, 0.05) is 29.4 Å². The fourth-order valence-electron chi connectivity index (χ4n) is 2.95. The maximum Gasteiger partial charge on any atom is 0.251 e. The normalized spacial score (nSPS) is 10.8. The SMILES string of the molecule is CNC(=O)c1ccc(N(Cc2cccc(Cl)c2)C(=O)C=Cc2ccc(O)c(O)c2)cc1. The molecule has 0 aliphatic carbocycles. The molecule has 0 saturated carbocycles.